The molecule has 0 spiro atoms. The summed E-state index contributed by atoms with van der Waals surface area (Å²) in [4.78, 5) is 0. The van der Waals surface area contributed by atoms with Gasteiger partial charge in [0.2, 0.25) is 0 Å². The lowest BCUT2D eigenvalue weighted by Crippen LogP contribution is -2.45. The summed E-state index contributed by atoms with van der Waals surface area (Å²) in [6.45, 7) is 4.25. The molecule has 1 unspecified atom stereocenters. The third-order valence-corrected chi connectivity index (χ3v) is 5.29. The van der Waals surface area contributed by atoms with Gasteiger partial charge in [-0.15, -0.1) is 0 Å². The second kappa shape index (κ2) is 7.54. The summed E-state index contributed by atoms with van der Waals surface area (Å²) in [6.07, 6.45) is -0.719. The van der Waals surface area contributed by atoms with E-state index in [1.54, 1.807) is 6.07 Å². The quantitative estimate of drug-likeness (QED) is 0.614. The van der Waals surface area contributed by atoms with E-state index in [0.717, 1.165) is 22.2 Å². The first kappa shape index (κ1) is 18.9. The second-order valence-corrected chi connectivity index (χ2v) is 7.78. The first-order valence-electron chi connectivity index (χ1n) is 9.42. The van der Waals surface area contributed by atoms with E-state index in [2.05, 4.69) is 6.92 Å². The Hall–Kier alpha value is -2.41. The van der Waals surface area contributed by atoms with Crippen molar-refractivity contribution >= 4 is 16.6 Å². The zero-order valence-electron chi connectivity index (χ0n) is 15.9. The molecule has 1 fully saturated rings. The summed E-state index contributed by atoms with van der Waals surface area (Å²) in [6, 6.07) is 14.9. The summed E-state index contributed by atoms with van der Waals surface area (Å²) in [5.74, 6) is -0.455. The smallest absolute Gasteiger partial charge is 0.148 e. The van der Waals surface area contributed by atoms with Gasteiger partial charge in [-0.2, -0.15) is 0 Å². The number of aromatic nitrogens is 1. The molecular weight excluding hydrogens is 359 g/mol. The first-order chi connectivity index (χ1) is 13.5. The van der Waals surface area contributed by atoms with E-state index >= 15 is 0 Å². The lowest BCUT2D eigenvalue weighted by atomic mass is 9.84. The number of rotatable bonds is 7. The molecule has 148 valence electrons. The van der Waals surface area contributed by atoms with Crippen LogP contribution in [0, 0.1) is 5.82 Å². The fourth-order valence-corrected chi connectivity index (χ4v) is 3.70. The predicted molar refractivity (Wildman–Crippen MR) is 107 cm³/mol. The predicted octanol–water partition coefficient (Wildman–Crippen LogP) is 3.23. The third-order valence-electron chi connectivity index (χ3n) is 5.29. The number of nitrogens with zero attached hydrogens (tertiary/aromatic N) is 1. The van der Waals surface area contributed by atoms with Crippen LogP contribution in [0.5, 0.6) is 0 Å². The minimum absolute atomic E-state index is 0.123. The van der Waals surface area contributed by atoms with E-state index < -0.39 is 11.9 Å². The highest BCUT2D eigenvalue weighted by atomic mass is 19.1. The van der Waals surface area contributed by atoms with Crippen LogP contribution in [0.4, 0.5) is 10.1 Å². The van der Waals surface area contributed by atoms with Gasteiger partial charge in [-0.05, 0) is 24.6 Å². The van der Waals surface area contributed by atoms with Crippen molar-refractivity contribution < 1.29 is 19.0 Å². The van der Waals surface area contributed by atoms with Crippen molar-refractivity contribution in [3.05, 3.63) is 65.6 Å². The van der Waals surface area contributed by atoms with E-state index in [4.69, 9.17) is 15.2 Å². The van der Waals surface area contributed by atoms with Crippen LogP contribution in [0.25, 0.3) is 10.9 Å². The molecule has 28 heavy (non-hydrogen) atoms. The van der Waals surface area contributed by atoms with Crippen molar-refractivity contribution in [3.8, 4) is 0 Å². The summed E-state index contributed by atoms with van der Waals surface area (Å²) < 4.78 is 27.2. The van der Waals surface area contributed by atoms with E-state index in [1.165, 1.54) is 6.07 Å². The molecule has 5 nitrogen and oxygen atoms in total. The fourth-order valence-electron chi connectivity index (χ4n) is 3.70. The van der Waals surface area contributed by atoms with Gasteiger partial charge in [0, 0.05) is 17.1 Å². The topological polar surface area (TPSA) is 69.6 Å². The first-order valence-corrected chi connectivity index (χ1v) is 9.42. The van der Waals surface area contributed by atoms with E-state index in [-0.39, 0.29) is 17.7 Å². The Morgan fingerprint density at radius 1 is 1.25 bits per heavy atom. The lowest BCUT2D eigenvalue weighted by Gasteiger charge is -2.39. The maximum absolute atomic E-state index is 14.1. The maximum atomic E-state index is 14.1. The molecule has 0 bridgehead atoms. The molecular formula is C22H25FN2O3. The van der Waals surface area contributed by atoms with Gasteiger partial charge in [0.05, 0.1) is 55.7 Å². The zero-order valence-corrected chi connectivity index (χ0v) is 15.9. The number of nitrogen functional groups attached to an aromatic ring is 1. The van der Waals surface area contributed by atoms with E-state index in [1.807, 2.05) is 41.0 Å². The van der Waals surface area contributed by atoms with Gasteiger partial charge in [0.25, 0.3) is 0 Å². The molecule has 1 aliphatic heterocycles. The van der Waals surface area contributed by atoms with E-state index in [9.17, 15) is 9.50 Å². The summed E-state index contributed by atoms with van der Waals surface area (Å²) in [5, 5.41) is 11.4. The van der Waals surface area contributed by atoms with Crippen molar-refractivity contribution in [1.82, 2.24) is 4.57 Å². The normalized spacial score (nSPS) is 16.8. The molecule has 0 radical (unpaired) electrons. The molecule has 0 amide bonds. The van der Waals surface area contributed by atoms with Crippen molar-refractivity contribution in [2.75, 3.05) is 25.6 Å². The molecule has 3 N–H and O–H groups in total. The molecule has 1 atom stereocenters. The molecule has 1 aromatic heterocycles. The Labute approximate surface area is 163 Å². The molecule has 1 aliphatic rings. The molecule has 3 aromatic rings. The molecule has 2 heterocycles. The largest absolute Gasteiger partial charge is 0.396 e. The third kappa shape index (κ3) is 3.63. The Bertz CT molecular complexity index is 967. The molecule has 0 saturated carbocycles. The van der Waals surface area contributed by atoms with E-state index in [0.29, 0.717) is 26.4 Å². The lowest BCUT2D eigenvalue weighted by molar-refractivity contribution is -0.0547. The van der Waals surface area contributed by atoms with Crippen LogP contribution in [0.2, 0.25) is 0 Å². The second-order valence-electron chi connectivity index (χ2n) is 7.78. The SMILES string of the molecule is CC1(c2cc3cc(N)c(F)cc3n2CC(O)COCc2ccccc2)COC1. The average Bonchev–Trinajstić information content (AvgIpc) is 2.99. The van der Waals surface area contributed by atoms with Gasteiger partial charge in [-0.3, -0.25) is 0 Å². The van der Waals surface area contributed by atoms with Crippen LogP contribution in [0.3, 0.4) is 0 Å². The highest BCUT2D eigenvalue weighted by Crippen LogP contribution is 2.36. The molecule has 1 saturated heterocycles. The number of nitrogens with two attached hydrogens (primary N) is 1. The molecule has 4 rings (SSSR count). The van der Waals surface area contributed by atoms with Gasteiger partial charge in [-0.1, -0.05) is 30.3 Å². The van der Waals surface area contributed by atoms with Crippen molar-refractivity contribution in [3.63, 3.8) is 0 Å². The van der Waals surface area contributed by atoms with Crippen LogP contribution >= 0.6 is 0 Å². The Kier molecular flexibility index (Phi) is 5.10. The number of ether oxygens (including phenoxy) is 2. The maximum Gasteiger partial charge on any atom is 0.148 e. The van der Waals surface area contributed by atoms with Gasteiger partial charge in [0.1, 0.15) is 5.82 Å². The van der Waals surface area contributed by atoms with Gasteiger partial charge in [0.15, 0.2) is 0 Å². The summed E-state index contributed by atoms with van der Waals surface area (Å²) in [7, 11) is 0. The number of benzene rings is 2. The number of aliphatic hydroxyl groups is 1. The van der Waals surface area contributed by atoms with Crippen molar-refractivity contribution in [2.24, 2.45) is 0 Å². The molecule has 6 heteroatoms. The van der Waals surface area contributed by atoms with Crippen LogP contribution in [0.1, 0.15) is 18.2 Å². The molecule has 2 aromatic carbocycles. The van der Waals surface area contributed by atoms with Crippen LogP contribution in [-0.4, -0.2) is 35.6 Å². The van der Waals surface area contributed by atoms with Gasteiger partial charge < -0.3 is 24.9 Å². The van der Waals surface area contributed by atoms with Crippen molar-refractivity contribution in [1.29, 1.82) is 0 Å². The average molecular weight is 384 g/mol. The minimum Gasteiger partial charge on any atom is -0.396 e. The Morgan fingerprint density at radius 2 is 2.00 bits per heavy atom. The van der Waals surface area contributed by atoms with Crippen LogP contribution in [0.15, 0.2) is 48.5 Å². The summed E-state index contributed by atoms with van der Waals surface area (Å²) >= 11 is 0. The highest BCUT2D eigenvalue weighted by Gasteiger charge is 2.38. The Morgan fingerprint density at radius 3 is 2.68 bits per heavy atom. The standard InChI is InChI=1S/C22H25FN2O3/c1-22(13-28-14-22)21-8-16-7-19(24)18(23)9-20(16)25(21)10-17(26)12-27-11-15-5-3-2-4-6-15/h2-9,17,26H,10-14,24H2,1H3. The van der Waals surface area contributed by atoms with Gasteiger partial charge in [-0.25, -0.2) is 4.39 Å². The van der Waals surface area contributed by atoms with Crippen LogP contribution < -0.4 is 5.73 Å². The monoisotopic (exact) mass is 384 g/mol. The number of hydrogen-bond acceptors (Lipinski definition) is 4. The van der Waals surface area contributed by atoms with Crippen molar-refractivity contribution in [2.45, 2.75) is 31.6 Å². The fraction of sp³-hybridized carbons (Fsp3) is 0.364. The highest BCUT2D eigenvalue weighted by molar-refractivity contribution is 5.85. The molecule has 0 aliphatic carbocycles. The number of anilines is 1. The summed E-state index contributed by atoms with van der Waals surface area (Å²) in [5.41, 5.74) is 8.50. The van der Waals surface area contributed by atoms with Crippen LogP contribution in [-0.2, 0) is 28.0 Å². The number of fused-ring (bicyclic) bond motifs is 1. The number of aliphatic hydroxyl groups excluding tert-OH is 1. The number of hydrogen-bond donors (Lipinski definition) is 2. The number of halogens is 1. The zero-order chi connectivity index (χ0) is 19.7. The van der Waals surface area contributed by atoms with Gasteiger partial charge >= 0.3 is 0 Å². The Balaban J connectivity index is 1.54. The minimum atomic E-state index is -0.719.